The van der Waals surface area contributed by atoms with Crippen molar-refractivity contribution in [2.45, 2.75) is 24.9 Å². The third-order valence-corrected chi connectivity index (χ3v) is 5.50. The summed E-state index contributed by atoms with van der Waals surface area (Å²) in [6.07, 6.45) is 2.44. The molecule has 1 aromatic heterocycles. The number of carbonyl (C=O) groups is 2. The van der Waals surface area contributed by atoms with Crippen LogP contribution in [0, 0.1) is 0 Å². The number of H-pyrrole nitrogens is 1. The highest BCUT2D eigenvalue weighted by molar-refractivity contribution is 5.83. The molecule has 160 valence electrons. The van der Waals surface area contributed by atoms with E-state index in [2.05, 4.69) is 15.3 Å². The highest BCUT2D eigenvalue weighted by Gasteiger charge is 2.35. The molecule has 1 aliphatic rings. The van der Waals surface area contributed by atoms with Crippen LogP contribution >= 0.6 is 0 Å². The van der Waals surface area contributed by atoms with E-state index in [1.807, 2.05) is 54.6 Å². The molecule has 31 heavy (non-hydrogen) atoms. The van der Waals surface area contributed by atoms with E-state index >= 15 is 0 Å². The van der Waals surface area contributed by atoms with Crippen molar-refractivity contribution >= 4 is 12.0 Å². The quantitative estimate of drug-likeness (QED) is 0.568. The minimum Gasteiger partial charge on any atom is -0.497 e. The number of rotatable bonds is 6. The highest BCUT2D eigenvalue weighted by Crippen LogP contribution is 2.34. The lowest BCUT2D eigenvalue weighted by Crippen LogP contribution is -2.51. The maximum Gasteiger partial charge on any atom is 0.326 e. The number of benzene rings is 2. The molecule has 4 rings (SSSR count). The molecular formula is C23H24N4O4. The highest BCUT2D eigenvalue weighted by atomic mass is 16.5. The van der Waals surface area contributed by atoms with Gasteiger partial charge in [-0.3, -0.25) is 0 Å². The number of hydrogen-bond donors (Lipinski definition) is 3. The van der Waals surface area contributed by atoms with Crippen molar-refractivity contribution in [3.63, 3.8) is 0 Å². The van der Waals surface area contributed by atoms with Gasteiger partial charge in [0.25, 0.3) is 0 Å². The normalized spacial score (nSPS) is 16.3. The molecule has 0 fully saturated rings. The largest absolute Gasteiger partial charge is 0.497 e. The van der Waals surface area contributed by atoms with E-state index in [1.54, 1.807) is 18.3 Å². The standard InChI is InChI=1S/C23H24N4O4/c1-31-17-9-7-16(8-10-17)21-20-18(24-14-25-20)11-12-27(21)23(30)26-19(22(28)29)13-15-5-3-2-4-6-15/h2-10,14,19,21H,11-13H2,1H3,(H,24,25)(H,26,30)(H,28,29). The average Bonchev–Trinajstić information content (AvgIpc) is 3.27. The molecule has 2 unspecified atom stereocenters. The van der Waals surface area contributed by atoms with E-state index in [0.717, 1.165) is 22.5 Å². The maximum atomic E-state index is 13.2. The zero-order valence-corrected chi connectivity index (χ0v) is 17.1. The van der Waals surface area contributed by atoms with Gasteiger partial charge in [0.2, 0.25) is 0 Å². The van der Waals surface area contributed by atoms with Gasteiger partial charge in [0.15, 0.2) is 0 Å². The number of hydrogen-bond acceptors (Lipinski definition) is 4. The fourth-order valence-corrected chi connectivity index (χ4v) is 3.90. The number of nitrogens with zero attached hydrogens (tertiary/aromatic N) is 2. The molecule has 0 saturated carbocycles. The molecule has 2 atom stereocenters. The topological polar surface area (TPSA) is 108 Å². The number of carboxylic acid groups (broad SMARTS) is 1. The molecule has 2 heterocycles. The van der Waals surface area contributed by atoms with Gasteiger partial charge < -0.3 is 25.0 Å². The van der Waals surface area contributed by atoms with Crippen LogP contribution < -0.4 is 10.1 Å². The number of nitrogens with one attached hydrogen (secondary N) is 2. The molecule has 3 aromatic rings. The third kappa shape index (κ3) is 4.37. The molecule has 0 radical (unpaired) electrons. The van der Waals surface area contributed by atoms with Crippen LogP contribution in [0.25, 0.3) is 0 Å². The van der Waals surface area contributed by atoms with Crippen LogP contribution in [0.4, 0.5) is 4.79 Å². The molecule has 3 N–H and O–H groups in total. The fourth-order valence-electron chi connectivity index (χ4n) is 3.90. The van der Waals surface area contributed by atoms with E-state index in [1.165, 1.54) is 0 Å². The lowest BCUT2D eigenvalue weighted by Gasteiger charge is -2.36. The first-order chi connectivity index (χ1) is 15.1. The van der Waals surface area contributed by atoms with E-state index in [0.29, 0.717) is 18.7 Å². The molecule has 2 aromatic carbocycles. The number of aromatic nitrogens is 2. The number of imidazole rings is 1. The number of fused-ring (bicyclic) bond motifs is 1. The molecular weight excluding hydrogens is 396 g/mol. The number of aromatic amines is 1. The Morgan fingerprint density at radius 2 is 1.97 bits per heavy atom. The van der Waals surface area contributed by atoms with Gasteiger partial charge in [-0.1, -0.05) is 42.5 Å². The van der Waals surface area contributed by atoms with Gasteiger partial charge in [-0.05, 0) is 23.3 Å². The Morgan fingerprint density at radius 1 is 1.23 bits per heavy atom. The van der Waals surface area contributed by atoms with Crippen molar-refractivity contribution in [3.05, 3.63) is 83.4 Å². The molecule has 0 spiro atoms. The summed E-state index contributed by atoms with van der Waals surface area (Å²) >= 11 is 0. The van der Waals surface area contributed by atoms with Crippen LogP contribution in [0.3, 0.4) is 0 Å². The summed E-state index contributed by atoms with van der Waals surface area (Å²) in [6, 6.07) is 14.8. The SMILES string of the molecule is COc1ccc(C2c3nc[nH]c3CCN2C(=O)NC(Cc2ccccc2)C(=O)O)cc1. The Hall–Kier alpha value is -3.81. The second-order valence-corrected chi connectivity index (χ2v) is 7.42. The van der Waals surface area contributed by atoms with Gasteiger partial charge in [0.1, 0.15) is 17.8 Å². The predicted octanol–water partition coefficient (Wildman–Crippen LogP) is 2.77. The van der Waals surface area contributed by atoms with Crippen LogP contribution in [0.5, 0.6) is 5.75 Å². The van der Waals surface area contributed by atoms with Crippen molar-refractivity contribution in [2.24, 2.45) is 0 Å². The lowest BCUT2D eigenvalue weighted by atomic mass is 9.96. The lowest BCUT2D eigenvalue weighted by molar-refractivity contribution is -0.139. The molecule has 1 aliphatic heterocycles. The average molecular weight is 420 g/mol. The number of carboxylic acids is 1. The zero-order valence-electron chi connectivity index (χ0n) is 17.1. The number of methoxy groups -OCH3 is 1. The Balaban J connectivity index is 1.59. The Morgan fingerprint density at radius 3 is 2.65 bits per heavy atom. The smallest absolute Gasteiger partial charge is 0.326 e. The fraction of sp³-hybridized carbons (Fsp3) is 0.261. The molecule has 2 amide bonds. The van der Waals surface area contributed by atoms with Crippen molar-refractivity contribution in [2.75, 3.05) is 13.7 Å². The maximum absolute atomic E-state index is 13.2. The molecule has 0 aliphatic carbocycles. The number of ether oxygens (including phenoxy) is 1. The predicted molar refractivity (Wildman–Crippen MR) is 114 cm³/mol. The zero-order chi connectivity index (χ0) is 21.8. The summed E-state index contributed by atoms with van der Waals surface area (Å²) in [7, 11) is 1.60. The van der Waals surface area contributed by atoms with Crippen LogP contribution in [-0.2, 0) is 17.6 Å². The summed E-state index contributed by atoms with van der Waals surface area (Å²) in [5.41, 5.74) is 3.46. The molecule has 8 heteroatoms. The van der Waals surface area contributed by atoms with Gasteiger partial charge in [-0.25, -0.2) is 14.6 Å². The van der Waals surface area contributed by atoms with E-state index in [9.17, 15) is 14.7 Å². The molecule has 8 nitrogen and oxygen atoms in total. The van der Waals surface area contributed by atoms with Crippen molar-refractivity contribution in [1.82, 2.24) is 20.2 Å². The summed E-state index contributed by atoms with van der Waals surface area (Å²) < 4.78 is 5.24. The monoisotopic (exact) mass is 420 g/mol. The molecule has 0 saturated heterocycles. The first kappa shape index (κ1) is 20.5. The summed E-state index contributed by atoms with van der Waals surface area (Å²) in [4.78, 5) is 34.3. The summed E-state index contributed by atoms with van der Waals surface area (Å²) in [5, 5.41) is 12.4. The number of amides is 2. The summed E-state index contributed by atoms with van der Waals surface area (Å²) in [6.45, 7) is 0.440. The van der Waals surface area contributed by atoms with Gasteiger partial charge in [0.05, 0.1) is 19.1 Å². The van der Waals surface area contributed by atoms with Crippen molar-refractivity contribution < 1.29 is 19.4 Å². The summed E-state index contributed by atoms with van der Waals surface area (Å²) in [5.74, 6) is -0.359. The van der Waals surface area contributed by atoms with Crippen LogP contribution in [0.1, 0.15) is 28.6 Å². The van der Waals surface area contributed by atoms with Crippen molar-refractivity contribution in [3.8, 4) is 5.75 Å². The number of urea groups is 1. The van der Waals surface area contributed by atoms with Crippen molar-refractivity contribution in [1.29, 1.82) is 0 Å². The Kier molecular flexibility index (Phi) is 5.88. The second-order valence-electron chi connectivity index (χ2n) is 7.42. The number of aliphatic carboxylic acids is 1. The minimum atomic E-state index is -1.07. The molecule has 0 bridgehead atoms. The van der Waals surface area contributed by atoms with E-state index in [4.69, 9.17) is 4.74 Å². The first-order valence-corrected chi connectivity index (χ1v) is 10.1. The number of carbonyl (C=O) groups excluding carboxylic acids is 1. The van der Waals surface area contributed by atoms with Gasteiger partial charge >= 0.3 is 12.0 Å². The second kappa shape index (κ2) is 8.91. The van der Waals surface area contributed by atoms with Gasteiger partial charge in [-0.15, -0.1) is 0 Å². The van der Waals surface area contributed by atoms with E-state index in [-0.39, 0.29) is 6.42 Å². The van der Waals surface area contributed by atoms with Crippen LogP contribution in [-0.4, -0.2) is 51.7 Å². The third-order valence-electron chi connectivity index (χ3n) is 5.50. The van der Waals surface area contributed by atoms with Crippen LogP contribution in [0.2, 0.25) is 0 Å². The van der Waals surface area contributed by atoms with Gasteiger partial charge in [-0.2, -0.15) is 0 Å². The van der Waals surface area contributed by atoms with E-state index < -0.39 is 24.1 Å². The minimum absolute atomic E-state index is 0.205. The van der Waals surface area contributed by atoms with Crippen LogP contribution in [0.15, 0.2) is 60.9 Å². The Bertz CT molecular complexity index is 1050. The Labute approximate surface area is 179 Å². The van der Waals surface area contributed by atoms with Gasteiger partial charge in [0, 0.05) is 25.1 Å². The first-order valence-electron chi connectivity index (χ1n) is 10.1.